The predicted octanol–water partition coefficient (Wildman–Crippen LogP) is 1.55. The zero-order valence-electron chi connectivity index (χ0n) is 8.58. The van der Waals surface area contributed by atoms with Crippen LogP contribution in [0.25, 0.3) is 0 Å². The highest BCUT2D eigenvalue weighted by Gasteiger charge is 1.91. The summed E-state index contributed by atoms with van der Waals surface area (Å²) in [6, 6.07) is 9.98. The van der Waals surface area contributed by atoms with E-state index in [0.717, 1.165) is 0 Å². The highest BCUT2D eigenvalue weighted by molar-refractivity contribution is 7.80. The van der Waals surface area contributed by atoms with Crippen LogP contribution in [0.3, 0.4) is 0 Å². The Morgan fingerprint density at radius 3 is 2.36 bits per heavy atom. The molecule has 4 N–H and O–H groups in total. The number of hydrogen-bond donors (Lipinski definition) is 3. The third-order valence-electron chi connectivity index (χ3n) is 1.43. The Balaban J connectivity index is 0.000000791. The summed E-state index contributed by atoms with van der Waals surface area (Å²) in [5.74, 6) is 5.08. The first-order valence-corrected chi connectivity index (χ1v) is 5.02. The molecule has 1 aromatic carbocycles. The Bertz CT molecular complexity index is 249. The van der Waals surface area contributed by atoms with E-state index in [-0.39, 0.29) is 0 Å². The van der Waals surface area contributed by atoms with Crippen molar-refractivity contribution in [1.29, 1.82) is 0 Å². The smallest absolute Gasteiger partial charge is 0.180 e. The molecule has 0 saturated carbocycles. The number of hydrogen-bond acceptors (Lipinski definition) is 2. The van der Waals surface area contributed by atoms with Gasteiger partial charge in [-0.2, -0.15) is 0 Å². The highest BCUT2D eigenvalue weighted by Crippen LogP contribution is 1.96. The van der Waals surface area contributed by atoms with Crippen molar-refractivity contribution in [3.63, 3.8) is 0 Å². The fourth-order valence-corrected chi connectivity index (χ4v) is 0.901. The fraction of sp³-hybridized carbons (Fsp3) is 0.300. The van der Waals surface area contributed by atoms with Gasteiger partial charge in [-0.15, -0.1) is 0 Å². The quantitative estimate of drug-likeness (QED) is 0.395. The largest absolute Gasteiger partial charge is 0.358 e. The van der Waals surface area contributed by atoms with E-state index in [2.05, 4.69) is 10.7 Å². The fourth-order valence-electron chi connectivity index (χ4n) is 0.829. The molecule has 14 heavy (non-hydrogen) atoms. The van der Waals surface area contributed by atoms with Crippen molar-refractivity contribution in [2.24, 2.45) is 5.84 Å². The summed E-state index contributed by atoms with van der Waals surface area (Å²) in [7, 11) is 0. The minimum absolute atomic E-state index is 0.457. The van der Waals surface area contributed by atoms with Crippen molar-refractivity contribution in [2.75, 3.05) is 0 Å². The molecule has 0 aliphatic heterocycles. The van der Waals surface area contributed by atoms with Crippen LogP contribution in [0.4, 0.5) is 0 Å². The lowest BCUT2D eigenvalue weighted by atomic mass is 10.2. The Morgan fingerprint density at radius 1 is 1.29 bits per heavy atom. The Hall–Kier alpha value is -1.13. The van der Waals surface area contributed by atoms with Crippen molar-refractivity contribution in [3.8, 4) is 0 Å². The molecule has 0 amide bonds. The molecular formula is C10H17N3S. The predicted molar refractivity (Wildman–Crippen MR) is 64.6 cm³/mol. The molecule has 1 rings (SSSR count). The maximum absolute atomic E-state index is 5.08. The van der Waals surface area contributed by atoms with Crippen molar-refractivity contribution >= 4 is 17.3 Å². The Labute approximate surface area is 90.7 Å². The molecule has 1 aromatic rings. The monoisotopic (exact) mass is 211 g/mol. The van der Waals surface area contributed by atoms with Crippen LogP contribution in [0.1, 0.15) is 19.4 Å². The minimum Gasteiger partial charge on any atom is -0.358 e. The lowest BCUT2D eigenvalue weighted by Gasteiger charge is -2.05. The first-order chi connectivity index (χ1) is 6.83. The lowest BCUT2D eigenvalue weighted by Crippen LogP contribution is -2.39. The SMILES string of the molecule is CC.NNC(=S)NCc1ccccc1. The summed E-state index contributed by atoms with van der Waals surface area (Å²) < 4.78 is 0. The maximum Gasteiger partial charge on any atom is 0.180 e. The van der Waals surface area contributed by atoms with Crippen LogP contribution in [0, 0.1) is 0 Å². The topological polar surface area (TPSA) is 50.1 Å². The van der Waals surface area contributed by atoms with Gasteiger partial charge < -0.3 is 10.7 Å². The third kappa shape index (κ3) is 5.50. The van der Waals surface area contributed by atoms with Crippen LogP contribution >= 0.6 is 12.2 Å². The van der Waals surface area contributed by atoms with Gasteiger partial charge in [0.15, 0.2) is 5.11 Å². The number of thiocarbonyl (C=S) groups is 1. The van der Waals surface area contributed by atoms with Gasteiger partial charge in [0.05, 0.1) is 0 Å². The Morgan fingerprint density at radius 2 is 1.86 bits per heavy atom. The second-order valence-corrected chi connectivity index (χ2v) is 2.72. The van der Waals surface area contributed by atoms with Crippen molar-refractivity contribution in [3.05, 3.63) is 35.9 Å². The van der Waals surface area contributed by atoms with Crippen LogP contribution in [0.15, 0.2) is 30.3 Å². The number of rotatable bonds is 2. The molecule has 0 fully saturated rings. The van der Waals surface area contributed by atoms with E-state index < -0.39 is 0 Å². The van der Waals surface area contributed by atoms with E-state index in [1.54, 1.807) is 0 Å². The number of nitrogens with one attached hydrogen (secondary N) is 2. The van der Waals surface area contributed by atoms with Gasteiger partial charge in [0.1, 0.15) is 0 Å². The van der Waals surface area contributed by atoms with Gasteiger partial charge in [-0.1, -0.05) is 44.2 Å². The first kappa shape index (κ1) is 12.9. The van der Waals surface area contributed by atoms with E-state index in [0.29, 0.717) is 11.7 Å². The van der Waals surface area contributed by atoms with Crippen LogP contribution in [0.5, 0.6) is 0 Å². The summed E-state index contributed by atoms with van der Waals surface area (Å²) in [5.41, 5.74) is 3.53. The van der Waals surface area contributed by atoms with Gasteiger partial charge in [0.2, 0.25) is 0 Å². The van der Waals surface area contributed by atoms with Crippen LogP contribution < -0.4 is 16.6 Å². The maximum atomic E-state index is 5.08. The molecule has 4 heteroatoms. The molecule has 0 atom stereocenters. The Kier molecular flexibility index (Phi) is 7.78. The molecule has 0 aliphatic rings. The molecule has 0 spiro atoms. The number of nitrogens with two attached hydrogens (primary N) is 1. The summed E-state index contributed by atoms with van der Waals surface area (Å²) >= 11 is 4.81. The second kappa shape index (κ2) is 8.47. The van der Waals surface area contributed by atoms with Crippen LogP contribution in [-0.4, -0.2) is 5.11 Å². The van der Waals surface area contributed by atoms with E-state index in [4.69, 9.17) is 18.1 Å². The standard InChI is InChI=1S/C8H11N3S.C2H6/c9-11-8(12)10-6-7-4-2-1-3-5-7;1-2/h1-5H,6,9H2,(H2,10,11,12);1-2H3. The first-order valence-electron chi connectivity index (χ1n) is 4.61. The van der Waals surface area contributed by atoms with Crippen molar-refractivity contribution in [2.45, 2.75) is 20.4 Å². The van der Waals surface area contributed by atoms with Gasteiger partial charge in [0, 0.05) is 6.54 Å². The van der Waals surface area contributed by atoms with E-state index in [9.17, 15) is 0 Å². The molecule has 0 heterocycles. The number of benzene rings is 1. The molecule has 78 valence electrons. The number of hydrazine groups is 1. The van der Waals surface area contributed by atoms with Gasteiger partial charge in [0.25, 0.3) is 0 Å². The van der Waals surface area contributed by atoms with Crippen molar-refractivity contribution in [1.82, 2.24) is 10.7 Å². The highest BCUT2D eigenvalue weighted by atomic mass is 32.1. The molecule has 0 unspecified atom stereocenters. The molecule has 0 bridgehead atoms. The lowest BCUT2D eigenvalue weighted by molar-refractivity contribution is 0.866. The van der Waals surface area contributed by atoms with Gasteiger partial charge in [-0.05, 0) is 17.8 Å². The molecule has 0 saturated heterocycles. The molecular weight excluding hydrogens is 194 g/mol. The van der Waals surface area contributed by atoms with Gasteiger partial charge >= 0.3 is 0 Å². The van der Waals surface area contributed by atoms with Gasteiger partial charge in [-0.3, -0.25) is 0 Å². The van der Waals surface area contributed by atoms with Crippen LogP contribution in [0.2, 0.25) is 0 Å². The molecule has 0 aromatic heterocycles. The summed E-state index contributed by atoms with van der Waals surface area (Å²) in [5, 5.41) is 3.40. The molecule has 0 aliphatic carbocycles. The van der Waals surface area contributed by atoms with Crippen LogP contribution in [-0.2, 0) is 6.54 Å². The minimum atomic E-state index is 0.457. The van der Waals surface area contributed by atoms with E-state index in [1.807, 2.05) is 44.2 Å². The summed E-state index contributed by atoms with van der Waals surface area (Å²) in [4.78, 5) is 0. The average Bonchev–Trinajstić information content (AvgIpc) is 2.30. The zero-order valence-corrected chi connectivity index (χ0v) is 9.40. The normalized spacial score (nSPS) is 8.21. The molecule has 0 radical (unpaired) electrons. The van der Waals surface area contributed by atoms with E-state index >= 15 is 0 Å². The summed E-state index contributed by atoms with van der Waals surface area (Å²) in [6.07, 6.45) is 0. The van der Waals surface area contributed by atoms with Crippen molar-refractivity contribution < 1.29 is 0 Å². The zero-order chi connectivity index (χ0) is 10.8. The second-order valence-electron chi connectivity index (χ2n) is 2.31. The van der Waals surface area contributed by atoms with E-state index in [1.165, 1.54) is 5.56 Å². The average molecular weight is 211 g/mol. The molecule has 3 nitrogen and oxygen atoms in total. The van der Waals surface area contributed by atoms with Gasteiger partial charge in [-0.25, -0.2) is 5.84 Å². The summed E-state index contributed by atoms with van der Waals surface area (Å²) in [6.45, 7) is 4.70. The third-order valence-corrected chi connectivity index (χ3v) is 1.69.